The molecule has 0 bridgehead atoms. The maximum absolute atomic E-state index is 14.0. The number of carbonyl (C=O) groups excluding carboxylic acids is 2. The predicted octanol–water partition coefficient (Wildman–Crippen LogP) is 4.53. The van der Waals surface area contributed by atoms with Crippen molar-refractivity contribution < 1.29 is 22.4 Å². The molecule has 0 radical (unpaired) electrons. The Morgan fingerprint density at radius 2 is 1.53 bits per heavy atom. The van der Waals surface area contributed by atoms with E-state index >= 15 is 0 Å². The first-order valence-corrected chi connectivity index (χ1v) is 14.1. The zero-order chi connectivity index (χ0) is 27.7. The van der Waals surface area contributed by atoms with Crippen LogP contribution in [0.15, 0.2) is 83.8 Å². The smallest absolute Gasteiger partial charge is 0.264 e. The molecule has 0 spiro atoms. The molecule has 0 fully saturated rings. The second-order valence-corrected chi connectivity index (χ2v) is 10.6. The Morgan fingerprint density at radius 1 is 0.895 bits per heavy atom. The second-order valence-electron chi connectivity index (χ2n) is 8.77. The van der Waals surface area contributed by atoms with E-state index in [0.29, 0.717) is 30.6 Å². The van der Waals surface area contributed by atoms with Gasteiger partial charge in [-0.1, -0.05) is 62.4 Å². The maximum atomic E-state index is 14.0. The van der Waals surface area contributed by atoms with Crippen molar-refractivity contribution in [3.8, 4) is 0 Å². The third-order valence-electron chi connectivity index (χ3n) is 6.25. The Hall–Kier alpha value is -3.72. The van der Waals surface area contributed by atoms with Gasteiger partial charge in [0.25, 0.3) is 10.0 Å². The number of nitrogens with one attached hydrogen (secondary N) is 1. The second kappa shape index (κ2) is 13.2. The van der Waals surface area contributed by atoms with E-state index in [0.717, 1.165) is 9.87 Å². The number of rotatable bonds is 12. The van der Waals surface area contributed by atoms with Gasteiger partial charge in [0, 0.05) is 13.1 Å². The van der Waals surface area contributed by atoms with Gasteiger partial charge < -0.3 is 10.2 Å². The summed E-state index contributed by atoms with van der Waals surface area (Å²) in [5.41, 5.74) is 1.79. The molecule has 7 nitrogen and oxygen atoms in total. The van der Waals surface area contributed by atoms with Gasteiger partial charge >= 0.3 is 0 Å². The summed E-state index contributed by atoms with van der Waals surface area (Å²) < 4.78 is 42.4. The summed E-state index contributed by atoms with van der Waals surface area (Å²) in [5, 5.41) is 2.76. The maximum Gasteiger partial charge on any atom is 0.264 e. The van der Waals surface area contributed by atoms with E-state index in [2.05, 4.69) is 5.32 Å². The summed E-state index contributed by atoms with van der Waals surface area (Å²) in [4.78, 5) is 28.3. The average molecular weight is 540 g/mol. The number of benzene rings is 3. The summed E-state index contributed by atoms with van der Waals surface area (Å²) in [7, 11) is -4.12. The average Bonchev–Trinajstić information content (AvgIpc) is 2.93. The fourth-order valence-electron chi connectivity index (χ4n) is 4.28. The number of hydrogen-bond acceptors (Lipinski definition) is 4. The van der Waals surface area contributed by atoms with Crippen molar-refractivity contribution in [2.45, 2.75) is 51.1 Å². The van der Waals surface area contributed by atoms with Crippen molar-refractivity contribution in [2.75, 3.05) is 17.4 Å². The lowest BCUT2D eigenvalue weighted by atomic mass is 10.1. The molecule has 38 heavy (non-hydrogen) atoms. The van der Waals surface area contributed by atoms with E-state index in [-0.39, 0.29) is 17.3 Å². The number of sulfonamides is 1. The summed E-state index contributed by atoms with van der Waals surface area (Å²) in [5.74, 6) is -1.30. The molecule has 0 saturated carbocycles. The molecule has 3 aromatic carbocycles. The molecular formula is C29H34FN3O4S. The van der Waals surface area contributed by atoms with Crippen molar-refractivity contribution in [1.82, 2.24) is 10.2 Å². The SMILES string of the molecule is CCNC(=O)C(CC)N(Cc1ccc(F)cc1)C(=O)CN(c1ccccc1CC)S(=O)(=O)c1ccccc1. The van der Waals surface area contributed by atoms with Crippen molar-refractivity contribution >= 4 is 27.5 Å². The minimum Gasteiger partial charge on any atom is -0.355 e. The summed E-state index contributed by atoms with van der Waals surface area (Å²) in [6.07, 6.45) is 0.872. The van der Waals surface area contributed by atoms with Crippen LogP contribution in [0.1, 0.15) is 38.3 Å². The number of aryl methyl sites for hydroxylation is 1. The number of hydrogen-bond donors (Lipinski definition) is 1. The molecule has 3 aromatic rings. The summed E-state index contributed by atoms with van der Waals surface area (Å²) in [6.45, 7) is 5.38. The molecule has 0 aromatic heterocycles. The third-order valence-corrected chi connectivity index (χ3v) is 8.03. The van der Waals surface area contributed by atoms with Crippen molar-refractivity contribution in [3.63, 3.8) is 0 Å². The molecule has 0 heterocycles. The minimum absolute atomic E-state index is 0.0173. The normalized spacial score (nSPS) is 12.0. The number of para-hydroxylation sites is 1. The molecule has 1 N–H and O–H groups in total. The Bertz CT molecular complexity index is 1330. The molecule has 0 aliphatic rings. The number of carbonyl (C=O) groups is 2. The molecule has 0 aliphatic heterocycles. The highest BCUT2D eigenvalue weighted by Crippen LogP contribution is 2.28. The van der Waals surface area contributed by atoms with E-state index in [9.17, 15) is 22.4 Å². The molecule has 1 atom stereocenters. The lowest BCUT2D eigenvalue weighted by Crippen LogP contribution is -2.52. The van der Waals surface area contributed by atoms with Crippen LogP contribution in [0.25, 0.3) is 0 Å². The van der Waals surface area contributed by atoms with E-state index in [1.54, 1.807) is 56.3 Å². The molecule has 1 unspecified atom stereocenters. The van der Waals surface area contributed by atoms with Crippen LogP contribution in [0.5, 0.6) is 0 Å². The van der Waals surface area contributed by atoms with E-state index in [4.69, 9.17) is 0 Å². The van der Waals surface area contributed by atoms with Crippen LogP contribution < -0.4 is 9.62 Å². The largest absolute Gasteiger partial charge is 0.355 e. The monoisotopic (exact) mass is 539 g/mol. The molecule has 202 valence electrons. The van der Waals surface area contributed by atoms with E-state index in [1.807, 2.05) is 19.1 Å². The van der Waals surface area contributed by atoms with E-state index in [1.165, 1.54) is 29.2 Å². The lowest BCUT2D eigenvalue weighted by molar-refractivity contribution is -0.140. The van der Waals surface area contributed by atoms with Crippen LogP contribution >= 0.6 is 0 Å². The molecular weight excluding hydrogens is 505 g/mol. The number of amides is 2. The first kappa shape index (κ1) is 28.8. The first-order chi connectivity index (χ1) is 18.2. The number of anilines is 1. The molecule has 0 aliphatic carbocycles. The van der Waals surface area contributed by atoms with Crippen molar-refractivity contribution in [2.24, 2.45) is 0 Å². The Labute approximate surface area is 224 Å². The summed E-state index contributed by atoms with van der Waals surface area (Å²) in [6, 6.07) is 19.8. The van der Waals surface area contributed by atoms with Gasteiger partial charge in [-0.15, -0.1) is 0 Å². The van der Waals surface area contributed by atoms with Gasteiger partial charge in [0.2, 0.25) is 11.8 Å². The van der Waals surface area contributed by atoms with Crippen LogP contribution in [-0.4, -0.2) is 44.3 Å². The van der Waals surface area contributed by atoms with Gasteiger partial charge in [0.05, 0.1) is 10.6 Å². The van der Waals surface area contributed by atoms with Gasteiger partial charge in [0.1, 0.15) is 18.4 Å². The highest BCUT2D eigenvalue weighted by molar-refractivity contribution is 7.92. The molecule has 9 heteroatoms. The van der Waals surface area contributed by atoms with Gasteiger partial charge in [-0.3, -0.25) is 13.9 Å². The van der Waals surface area contributed by atoms with Gasteiger partial charge in [-0.05, 0) is 61.2 Å². The minimum atomic E-state index is -4.12. The number of likely N-dealkylation sites (N-methyl/N-ethyl adjacent to an activating group) is 1. The van der Waals surface area contributed by atoms with Crippen LogP contribution in [0.4, 0.5) is 10.1 Å². The lowest BCUT2D eigenvalue weighted by Gasteiger charge is -2.33. The zero-order valence-corrected chi connectivity index (χ0v) is 22.7. The Morgan fingerprint density at radius 3 is 2.13 bits per heavy atom. The fourth-order valence-corrected chi connectivity index (χ4v) is 5.76. The Kier molecular flexibility index (Phi) is 10.0. The van der Waals surface area contributed by atoms with Crippen LogP contribution in [0, 0.1) is 5.82 Å². The quantitative estimate of drug-likeness (QED) is 0.367. The topological polar surface area (TPSA) is 86.8 Å². The highest BCUT2D eigenvalue weighted by atomic mass is 32.2. The predicted molar refractivity (Wildman–Crippen MR) is 147 cm³/mol. The van der Waals surface area contributed by atoms with Gasteiger partial charge in [0.15, 0.2) is 0 Å². The van der Waals surface area contributed by atoms with Crippen molar-refractivity contribution in [1.29, 1.82) is 0 Å². The Balaban J connectivity index is 2.08. The van der Waals surface area contributed by atoms with Crippen molar-refractivity contribution in [3.05, 3.63) is 95.8 Å². The van der Waals surface area contributed by atoms with Crippen LogP contribution in [0.2, 0.25) is 0 Å². The fraction of sp³-hybridized carbons (Fsp3) is 0.310. The molecule has 2 amide bonds. The molecule has 0 saturated heterocycles. The third kappa shape index (κ3) is 6.77. The van der Waals surface area contributed by atoms with E-state index < -0.39 is 34.3 Å². The van der Waals surface area contributed by atoms with Crippen LogP contribution in [0.3, 0.4) is 0 Å². The van der Waals surface area contributed by atoms with Gasteiger partial charge in [-0.2, -0.15) is 0 Å². The van der Waals surface area contributed by atoms with Gasteiger partial charge in [-0.25, -0.2) is 12.8 Å². The standard InChI is InChI=1S/C29H34FN3O4S/c1-4-23-12-10-11-15-27(23)33(38(36,37)25-13-8-7-9-14-25)21-28(34)32(26(5-2)29(35)31-6-3)20-22-16-18-24(30)19-17-22/h7-19,26H,4-6,20-21H2,1-3H3,(H,31,35). The summed E-state index contributed by atoms with van der Waals surface area (Å²) >= 11 is 0. The molecule has 3 rings (SSSR count). The van der Waals surface area contributed by atoms with Crippen LogP contribution in [-0.2, 0) is 32.6 Å². The zero-order valence-electron chi connectivity index (χ0n) is 21.9. The first-order valence-electron chi connectivity index (χ1n) is 12.7. The number of halogens is 1. The highest BCUT2D eigenvalue weighted by Gasteiger charge is 2.34. The number of nitrogens with zero attached hydrogens (tertiary/aromatic N) is 2.